The molecule has 1 aromatic heterocycles. The molecule has 4 heteroatoms. The molecule has 0 spiro atoms. The molecule has 0 saturated heterocycles. The fourth-order valence-electron chi connectivity index (χ4n) is 1.25. The van der Waals surface area contributed by atoms with Gasteiger partial charge in [-0.15, -0.1) is 0 Å². The first kappa shape index (κ1) is 8.79. The summed E-state index contributed by atoms with van der Waals surface area (Å²) < 4.78 is 1.92. The second-order valence-corrected chi connectivity index (χ2v) is 4.39. The van der Waals surface area contributed by atoms with E-state index in [1.54, 1.807) is 6.20 Å². The molecule has 0 bridgehead atoms. The lowest BCUT2D eigenvalue weighted by atomic mass is 10.2. The van der Waals surface area contributed by atoms with Crippen molar-refractivity contribution in [3.63, 3.8) is 0 Å². The van der Waals surface area contributed by atoms with Crippen molar-refractivity contribution < 1.29 is 0 Å². The Bertz CT molecular complexity index is 508. The molecule has 0 unspecified atom stereocenters. The van der Waals surface area contributed by atoms with Gasteiger partial charge < -0.3 is 4.98 Å². The molecule has 64 valence electrons. The minimum Gasteiger partial charge on any atom is -0.359 e. The first-order chi connectivity index (χ1) is 6.22. The van der Waals surface area contributed by atoms with Crippen LogP contribution >= 0.6 is 31.9 Å². The predicted molar refractivity (Wildman–Crippen MR) is 58.4 cm³/mol. The van der Waals surface area contributed by atoms with Crippen LogP contribution in [-0.2, 0) is 0 Å². The van der Waals surface area contributed by atoms with Gasteiger partial charge in [0.1, 0.15) is 6.07 Å². The number of benzene rings is 1. The third kappa shape index (κ3) is 1.38. The van der Waals surface area contributed by atoms with Crippen LogP contribution in [0.4, 0.5) is 0 Å². The zero-order valence-corrected chi connectivity index (χ0v) is 9.61. The molecule has 2 nitrogen and oxygen atoms in total. The maximum atomic E-state index is 8.81. The molecule has 0 atom stereocenters. The van der Waals surface area contributed by atoms with Gasteiger partial charge in [0.15, 0.2) is 0 Å². The molecule has 1 N–H and O–H groups in total. The number of hydrogen-bond donors (Lipinski definition) is 1. The molecule has 1 aromatic carbocycles. The minimum absolute atomic E-state index is 0.664. The highest BCUT2D eigenvalue weighted by molar-refractivity contribution is 9.11. The van der Waals surface area contributed by atoms with Gasteiger partial charge in [0, 0.05) is 20.5 Å². The molecular weight excluding hydrogens is 296 g/mol. The number of halogens is 2. The van der Waals surface area contributed by atoms with E-state index in [0.29, 0.717) is 5.56 Å². The summed E-state index contributed by atoms with van der Waals surface area (Å²) in [7, 11) is 0. The van der Waals surface area contributed by atoms with Gasteiger partial charge in [-0.05, 0) is 28.1 Å². The first-order valence-corrected chi connectivity index (χ1v) is 5.17. The lowest BCUT2D eigenvalue weighted by molar-refractivity contribution is 1.44. The van der Waals surface area contributed by atoms with E-state index in [4.69, 9.17) is 5.26 Å². The molecule has 0 saturated carbocycles. The normalized spacial score (nSPS) is 10.2. The number of nitrogens with zero attached hydrogens (tertiary/aromatic N) is 1. The summed E-state index contributed by atoms with van der Waals surface area (Å²) in [6, 6.07) is 6.00. The Hall–Kier alpha value is -0.790. The summed E-state index contributed by atoms with van der Waals surface area (Å²) in [6.07, 6.45) is 1.71. The lowest BCUT2D eigenvalue weighted by Crippen LogP contribution is -1.73. The van der Waals surface area contributed by atoms with Crippen LogP contribution in [0.15, 0.2) is 27.3 Å². The van der Waals surface area contributed by atoms with Crippen molar-refractivity contribution in [1.82, 2.24) is 4.98 Å². The average molecular weight is 300 g/mol. The lowest BCUT2D eigenvalue weighted by Gasteiger charge is -1.95. The van der Waals surface area contributed by atoms with Gasteiger partial charge in [0.2, 0.25) is 0 Å². The summed E-state index contributed by atoms with van der Waals surface area (Å²) in [4.78, 5) is 3.04. The zero-order valence-electron chi connectivity index (χ0n) is 6.44. The van der Waals surface area contributed by atoms with Crippen LogP contribution in [0.1, 0.15) is 5.56 Å². The quantitative estimate of drug-likeness (QED) is 0.794. The van der Waals surface area contributed by atoms with E-state index in [1.807, 2.05) is 12.1 Å². The average Bonchev–Trinajstić information content (AvgIpc) is 2.47. The number of nitrogens with one attached hydrogen (secondary N) is 1. The molecule has 2 aromatic rings. The summed E-state index contributed by atoms with van der Waals surface area (Å²) in [5.41, 5.74) is 1.62. The Balaban J connectivity index is 2.92. The van der Waals surface area contributed by atoms with Crippen molar-refractivity contribution in [1.29, 1.82) is 5.26 Å². The van der Waals surface area contributed by atoms with Crippen LogP contribution in [0.5, 0.6) is 0 Å². The number of hydrogen-bond acceptors (Lipinski definition) is 1. The van der Waals surface area contributed by atoms with E-state index in [0.717, 1.165) is 19.8 Å². The van der Waals surface area contributed by atoms with E-state index in [2.05, 4.69) is 42.9 Å². The highest BCUT2D eigenvalue weighted by Gasteiger charge is 2.06. The third-order valence-electron chi connectivity index (χ3n) is 1.83. The Labute approximate surface area is 91.8 Å². The summed E-state index contributed by atoms with van der Waals surface area (Å²) in [5, 5.41) is 9.74. The SMILES string of the molecule is N#Cc1c[nH]c2c(Br)cc(Br)cc12. The van der Waals surface area contributed by atoms with Crippen LogP contribution < -0.4 is 0 Å². The highest BCUT2D eigenvalue weighted by atomic mass is 79.9. The van der Waals surface area contributed by atoms with Crippen molar-refractivity contribution in [2.24, 2.45) is 0 Å². The van der Waals surface area contributed by atoms with Crippen LogP contribution in [0, 0.1) is 11.3 Å². The number of aromatic nitrogens is 1. The number of rotatable bonds is 0. The molecule has 0 radical (unpaired) electrons. The third-order valence-corrected chi connectivity index (χ3v) is 2.91. The topological polar surface area (TPSA) is 39.6 Å². The van der Waals surface area contributed by atoms with Crippen molar-refractivity contribution in [2.45, 2.75) is 0 Å². The monoisotopic (exact) mass is 298 g/mol. The maximum Gasteiger partial charge on any atom is 0.101 e. The molecule has 13 heavy (non-hydrogen) atoms. The van der Waals surface area contributed by atoms with Crippen molar-refractivity contribution in [2.75, 3.05) is 0 Å². The van der Waals surface area contributed by atoms with Gasteiger partial charge >= 0.3 is 0 Å². The second kappa shape index (κ2) is 3.17. The number of nitriles is 1. The predicted octanol–water partition coefficient (Wildman–Crippen LogP) is 3.56. The van der Waals surface area contributed by atoms with Gasteiger partial charge in [-0.1, -0.05) is 15.9 Å². The van der Waals surface area contributed by atoms with Crippen molar-refractivity contribution in [3.8, 4) is 6.07 Å². The smallest absolute Gasteiger partial charge is 0.101 e. The van der Waals surface area contributed by atoms with Crippen molar-refractivity contribution >= 4 is 42.8 Å². The molecule has 1 heterocycles. The fourth-order valence-corrected chi connectivity index (χ4v) is 2.59. The fraction of sp³-hybridized carbons (Fsp3) is 0. The van der Waals surface area contributed by atoms with E-state index in [9.17, 15) is 0 Å². The first-order valence-electron chi connectivity index (χ1n) is 3.58. The zero-order chi connectivity index (χ0) is 9.42. The second-order valence-electron chi connectivity index (χ2n) is 2.62. The number of H-pyrrole nitrogens is 1. The molecular formula is C9H4Br2N2. The van der Waals surface area contributed by atoms with E-state index in [-0.39, 0.29) is 0 Å². The van der Waals surface area contributed by atoms with Gasteiger partial charge in [0.25, 0.3) is 0 Å². The summed E-state index contributed by atoms with van der Waals surface area (Å²) in [5.74, 6) is 0. The standard InChI is InChI=1S/C9H4Br2N2/c10-6-1-7-5(3-12)4-13-9(7)8(11)2-6/h1-2,4,13H. The van der Waals surface area contributed by atoms with Gasteiger partial charge in [-0.25, -0.2) is 0 Å². The van der Waals surface area contributed by atoms with E-state index < -0.39 is 0 Å². The highest BCUT2D eigenvalue weighted by Crippen LogP contribution is 2.29. The Morgan fingerprint density at radius 1 is 1.31 bits per heavy atom. The molecule has 0 aliphatic carbocycles. The van der Waals surface area contributed by atoms with Gasteiger partial charge in [-0.2, -0.15) is 5.26 Å². The Morgan fingerprint density at radius 2 is 2.08 bits per heavy atom. The molecule has 0 aliphatic rings. The maximum absolute atomic E-state index is 8.81. The Kier molecular flexibility index (Phi) is 2.14. The number of aromatic amines is 1. The van der Waals surface area contributed by atoms with Crippen LogP contribution in [0.3, 0.4) is 0 Å². The summed E-state index contributed by atoms with van der Waals surface area (Å²) in [6.45, 7) is 0. The molecule has 2 rings (SSSR count). The number of fused-ring (bicyclic) bond motifs is 1. The molecule has 0 aliphatic heterocycles. The van der Waals surface area contributed by atoms with Crippen LogP contribution in [0.2, 0.25) is 0 Å². The van der Waals surface area contributed by atoms with Crippen molar-refractivity contribution in [3.05, 3.63) is 32.8 Å². The molecule has 0 amide bonds. The van der Waals surface area contributed by atoms with Gasteiger partial charge in [0.05, 0.1) is 11.1 Å². The molecule has 0 fully saturated rings. The minimum atomic E-state index is 0.664. The van der Waals surface area contributed by atoms with Gasteiger partial charge in [-0.3, -0.25) is 0 Å². The van der Waals surface area contributed by atoms with E-state index >= 15 is 0 Å². The Morgan fingerprint density at radius 3 is 2.77 bits per heavy atom. The largest absolute Gasteiger partial charge is 0.359 e. The van der Waals surface area contributed by atoms with E-state index in [1.165, 1.54) is 0 Å². The van der Waals surface area contributed by atoms with Crippen LogP contribution in [0.25, 0.3) is 10.9 Å². The summed E-state index contributed by atoms with van der Waals surface area (Å²) >= 11 is 6.80. The van der Waals surface area contributed by atoms with Crippen LogP contribution in [-0.4, -0.2) is 4.98 Å².